The third-order valence-corrected chi connectivity index (χ3v) is 20.3. The Hall–Kier alpha value is -3.87. The lowest BCUT2D eigenvalue weighted by Crippen LogP contribution is -2.65. The zero-order valence-electron chi connectivity index (χ0n) is 67.1. The molecule has 9 N–H and O–H groups in total. The van der Waals surface area contributed by atoms with Crippen molar-refractivity contribution in [3.8, 4) is 0 Å². The van der Waals surface area contributed by atoms with Crippen molar-refractivity contribution in [3.05, 3.63) is 134 Å². The van der Waals surface area contributed by atoms with Crippen LogP contribution in [-0.2, 0) is 23.7 Å². The van der Waals surface area contributed by atoms with Gasteiger partial charge in [0, 0.05) is 6.42 Å². The van der Waals surface area contributed by atoms with Crippen molar-refractivity contribution >= 4 is 5.91 Å². The minimum atomic E-state index is -1.80. The van der Waals surface area contributed by atoms with Gasteiger partial charge >= 0.3 is 0 Å². The molecule has 0 saturated carbocycles. The molecule has 2 rings (SSSR count). The highest BCUT2D eigenvalue weighted by Gasteiger charge is 2.51. The number of ether oxygens (including phenoxy) is 4. The van der Waals surface area contributed by atoms with E-state index < -0.39 is 86.8 Å². The SMILES string of the molecule is CC/C=C\C/C=C\C/C=C\C/C=C\C/C=C\C/C=C\C/C=C\C/C=C\CCCCCCCCCCCCCCCCCCC(=O)NC(COC1OC(CO)C(OC2OC(CO)C(O)C(O)C2O)C(O)C1O)C(O)/C=C/CC/C=C/CC/C=C/CCCCCCCCCCCCCCCCCCCCCCC. The molecule has 12 unspecified atom stereocenters. The van der Waals surface area contributed by atoms with Crippen molar-refractivity contribution in [2.24, 2.45) is 0 Å². The molecule has 106 heavy (non-hydrogen) atoms. The fourth-order valence-corrected chi connectivity index (χ4v) is 13.5. The van der Waals surface area contributed by atoms with E-state index in [-0.39, 0.29) is 18.9 Å². The lowest BCUT2D eigenvalue weighted by atomic mass is 9.97. The molecule has 0 aromatic heterocycles. The third kappa shape index (κ3) is 55.5. The largest absolute Gasteiger partial charge is 0.394 e. The van der Waals surface area contributed by atoms with Crippen molar-refractivity contribution < 1.29 is 64.6 Å². The second-order valence-corrected chi connectivity index (χ2v) is 29.9. The first-order chi connectivity index (χ1) is 52.1. The molecule has 0 radical (unpaired) electrons. The maximum Gasteiger partial charge on any atom is 0.220 e. The van der Waals surface area contributed by atoms with E-state index in [9.17, 15) is 45.6 Å². The Bertz CT molecular complexity index is 2300. The predicted molar refractivity (Wildman–Crippen MR) is 442 cm³/mol. The maximum absolute atomic E-state index is 13.4. The van der Waals surface area contributed by atoms with E-state index >= 15 is 0 Å². The van der Waals surface area contributed by atoms with Crippen molar-refractivity contribution in [3.63, 3.8) is 0 Å². The van der Waals surface area contributed by atoms with Crippen molar-refractivity contribution in [1.82, 2.24) is 5.32 Å². The molecule has 0 bridgehead atoms. The molecule has 14 nitrogen and oxygen atoms in total. The standard InChI is InChI=1S/C92H159NO13/c1-3-5-7-9-11-13-15-17-19-21-23-25-27-29-31-33-35-36-37-38-39-40-41-42-43-44-46-48-50-52-54-56-58-60-62-64-66-68-70-72-74-76-84(97)93-80(79-103-91-89(102)87(100)90(83(78-95)105-91)106-92-88(101)86(99)85(98)82(77-94)104-92)81(96)75-73-71-69-67-65-63-61-59-57-55-53-51-49-47-45-34-32-30-28-26-24-22-20-18-16-14-12-10-8-6-4-2/h5,7,11,13,17,19,23,25,29,31,35-36,38-39,41-42,57,59,65,67,73,75,80-83,85-92,94-96,98-102H,3-4,6,8-10,12,14-16,18,20-22,24,26-28,30,32-34,37,40,43-56,58,60-64,66,68-72,74,76-79H2,1-2H3,(H,93,97)/b7-5-,13-11-,19-17-,25-23-,31-29-,36-35-,39-38-,42-41-,59-57+,67-65+,75-73+. The molecule has 14 heteroatoms. The summed E-state index contributed by atoms with van der Waals surface area (Å²) in [6.45, 7) is 2.70. The molecule has 0 aliphatic carbocycles. The summed E-state index contributed by atoms with van der Waals surface area (Å²) in [5.41, 5.74) is 0. The molecule has 610 valence electrons. The number of aliphatic hydroxyl groups is 8. The summed E-state index contributed by atoms with van der Waals surface area (Å²) < 4.78 is 22.9. The summed E-state index contributed by atoms with van der Waals surface area (Å²) >= 11 is 0. The van der Waals surface area contributed by atoms with Gasteiger partial charge in [0.05, 0.1) is 32.0 Å². The smallest absolute Gasteiger partial charge is 0.220 e. The molecule has 0 aromatic carbocycles. The van der Waals surface area contributed by atoms with Gasteiger partial charge in [-0.15, -0.1) is 0 Å². The summed E-state index contributed by atoms with van der Waals surface area (Å²) in [6.07, 6.45) is 94.1. The molecular formula is C92H159NO13. The van der Waals surface area contributed by atoms with E-state index in [1.54, 1.807) is 6.08 Å². The summed E-state index contributed by atoms with van der Waals surface area (Å²) in [5.74, 6) is -0.253. The van der Waals surface area contributed by atoms with Gasteiger partial charge < -0.3 is 65.1 Å². The van der Waals surface area contributed by atoms with Crippen molar-refractivity contribution in [2.75, 3.05) is 19.8 Å². The van der Waals surface area contributed by atoms with E-state index in [0.717, 1.165) is 96.3 Å². The van der Waals surface area contributed by atoms with Gasteiger partial charge in [-0.2, -0.15) is 0 Å². The highest BCUT2D eigenvalue weighted by atomic mass is 16.7. The summed E-state index contributed by atoms with van der Waals surface area (Å²) in [6, 6.07) is -0.948. The van der Waals surface area contributed by atoms with E-state index in [0.29, 0.717) is 12.8 Å². The van der Waals surface area contributed by atoms with Crippen LogP contribution in [0.25, 0.3) is 0 Å². The van der Waals surface area contributed by atoms with E-state index in [4.69, 9.17) is 18.9 Å². The normalized spacial score (nSPS) is 22.0. The number of carbonyl (C=O) groups is 1. The third-order valence-electron chi connectivity index (χ3n) is 20.3. The van der Waals surface area contributed by atoms with Crippen LogP contribution in [0, 0.1) is 0 Å². The number of unbranched alkanes of at least 4 members (excludes halogenated alkanes) is 39. The van der Waals surface area contributed by atoms with Gasteiger partial charge in [-0.25, -0.2) is 0 Å². The lowest BCUT2D eigenvalue weighted by molar-refractivity contribution is -0.359. The fraction of sp³-hybridized carbons (Fsp3) is 0.750. The van der Waals surface area contributed by atoms with Gasteiger partial charge in [-0.1, -0.05) is 366 Å². The Kier molecular flexibility index (Phi) is 68.5. The molecule has 2 fully saturated rings. The number of amides is 1. The monoisotopic (exact) mass is 1490 g/mol. The van der Waals surface area contributed by atoms with Crippen LogP contribution in [0.1, 0.15) is 348 Å². The summed E-state index contributed by atoms with van der Waals surface area (Å²) in [5, 5.41) is 87.8. The van der Waals surface area contributed by atoms with Crippen LogP contribution < -0.4 is 5.32 Å². The number of aliphatic hydroxyl groups excluding tert-OH is 8. The predicted octanol–water partition coefficient (Wildman–Crippen LogP) is 20.9. The topological polar surface area (TPSA) is 228 Å². The molecule has 2 heterocycles. The Morgan fingerprint density at radius 3 is 1.04 bits per heavy atom. The number of nitrogens with one attached hydrogen (secondary N) is 1. The minimum absolute atomic E-state index is 0.253. The zero-order valence-corrected chi connectivity index (χ0v) is 67.1. The summed E-state index contributed by atoms with van der Waals surface area (Å²) in [7, 11) is 0. The second kappa shape index (κ2) is 73.9. The Morgan fingerprint density at radius 2 is 0.660 bits per heavy atom. The Balaban J connectivity index is 1.60. The first-order valence-corrected chi connectivity index (χ1v) is 43.4. The average molecular weight is 1490 g/mol. The van der Waals surface area contributed by atoms with Crippen LogP contribution in [0.2, 0.25) is 0 Å². The number of carbonyl (C=O) groups excluding carboxylic acids is 1. The molecule has 0 spiro atoms. The fourth-order valence-electron chi connectivity index (χ4n) is 13.5. The number of rotatable bonds is 72. The zero-order chi connectivity index (χ0) is 76.5. The second-order valence-electron chi connectivity index (χ2n) is 29.9. The van der Waals surface area contributed by atoms with Crippen LogP contribution in [0.3, 0.4) is 0 Å². The van der Waals surface area contributed by atoms with Crippen LogP contribution >= 0.6 is 0 Å². The molecule has 2 aliphatic heterocycles. The molecule has 0 aromatic rings. The van der Waals surface area contributed by atoms with Crippen LogP contribution in [0.15, 0.2) is 134 Å². The molecule has 2 saturated heterocycles. The highest BCUT2D eigenvalue weighted by Crippen LogP contribution is 2.30. The minimum Gasteiger partial charge on any atom is -0.394 e. The van der Waals surface area contributed by atoms with Crippen LogP contribution in [0.4, 0.5) is 0 Å². The van der Waals surface area contributed by atoms with Crippen LogP contribution in [-0.4, -0.2) is 140 Å². The van der Waals surface area contributed by atoms with Gasteiger partial charge in [-0.05, 0) is 109 Å². The summed E-state index contributed by atoms with van der Waals surface area (Å²) in [4.78, 5) is 13.4. The van der Waals surface area contributed by atoms with Crippen LogP contribution in [0.5, 0.6) is 0 Å². The highest BCUT2D eigenvalue weighted by molar-refractivity contribution is 5.76. The quantitative estimate of drug-likeness (QED) is 0.0204. The van der Waals surface area contributed by atoms with Gasteiger partial charge in [0.1, 0.15) is 48.8 Å². The van der Waals surface area contributed by atoms with Crippen molar-refractivity contribution in [1.29, 1.82) is 0 Å². The van der Waals surface area contributed by atoms with Gasteiger partial charge in [-0.3, -0.25) is 4.79 Å². The van der Waals surface area contributed by atoms with Gasteiger partial charge in [0.25, 0.3) is 0 Å². The number of allylic oxidation sites excluding steroid dienone is 21. The molecule has 12 atom stereocenters. The van der Waals surface area contributed by atoms with Gasteiger partial charge in [0.15, 0.2) is 12.6 Å². The molecule has 2 aliphatic rings. The Morgan fingerprint density at radius 1 is 0.349 bits per heavy atom. The number of hydrogen-bond acceptors (Lipinski definition) is 13. The number of hydrogen-bond donors (Lipinski definition) is 9. The van der Waals surface area contributed by atoms with E-state index in [1.165, 1.54) is 218 Å². The molecular weight excluding hydrogens is 1330 g/mol. The maximum atomic E-state index is 13.4. The van der Waals surface area contributed by atoms with Gasteiger partial charge in [0.2, 0.25) is 5.91 Å². The first-order valence-electron chi connectivity index (χ1n) is 43.4. The van der Waals surface area contributed by atoms with E-state index in [2.05, 4.69) is 141 Å². The Labute approximate surface area is 647 Å². The average Bonchev–Trinajstić information content (AvgIpc) is 0.790. The lowest BCUT2D eigenvalue weighted by Gasteiger charge is -2.46. The van der Waals surface area contributed by atoms with E-state index in [1.807, 2.05) is 6.08 Å². The first kappa shape index (κ1) is 98.2. The van der Waals surface area contributed by atoms with Crippen molar-refractivity contribution in [2.45, 2.75) is 421 Å². The molecule has 1 amide bonds.